The van der Waals surface area contributed by atoms with E-state index in [-0.39, 0.29) is 0 Å². The summed E-state index contributed by atoms with van der Waals surface area (Å²) in [7, 11) is 0. The van der Waals surface area contributed by atoms with Crippen molar-refractivity contribution in [2.75, 3.05) is 9.80 Å². The molecule has 0 N–H and O–H groups in total. The zero-order valence-corrected chi connectivity index (χ0v) is 22.9. The van der Waals surface area contributed by atoms with Crippen LogP contribution in [0.15, 0.2) is 168 Å². The molecule has 6 aromatic rings. The topological polar surface area (TPSA) is 6.48 Å². The van der Waals surface area contributed by atoms with E-state index in [0.29, 0.717) is 0 Å². The highest BCUT2D eigenvalue weighted by Crippen LogP contribution is 2.42. The first-order chi connectivity index (χ1) is 19.3. The molecule has 0 aliphatic heterocycles. The van der Waals surface area contributed by atoms with Gasteiger partial charge in [0.15, 0.2) is 0 Å². The van der Waals surface area contributed by atoms with Crippen LogP contribution in [0, 0.1) is 0 Å². The Kier molecular flexibility index (Phi) is 7.24. The number of benzene rings is 6. The third-order valence-corrected chi connectivity index (χ3v) is 7.10. The van der Waals surface area contributed by atoms with Gasteiger partial charge in [-0.25, -0.2) is 0 Å². The van der Waals surface area contributed by atoms with Crippen LogP contribution in [0.3, 0.4) is 0 Å². The number of anilines is 6. The normalized spacial score (nSPS) is 10.7. The van der Waals surface area contributed by atoms with Gasteiger partial charge in [-0.05, 0) is 77.9 Å². The average Bonchev–Trinajstić information content (AvgIpc) is 3.00. The molecule has 0 aliphatic carbocycles. The third kappa shape index (κ3) is 5.50. The molecule has 2 nitrogen and oxygen atoms in total. The van der Waals surface area contributed by atoms with E-state index in [4.69, 9.17) is 0 Å². The fourth-order valence-electron chi connectivity index (χ4n) is 4.90. The SMILES string of the molecule is Brc1cc(N(c2ccccc2)c2ccccc2)cc(N(c2ccccc2)c2cccc(-c3ccccc3)c2)c1. The number of nitrogens with zero attached hydrogens (tertiary/aromatic N) is 2. The molecule has 0 spiro atoms. The summed E-state index contributed by atoms with van der Waals surface area (Å²) in [5.41, 5.74) is 8.90. The molecule has 0 heterocycles. The van der Waals surface area contributed by atoms with Crippen molar-refractivity contribution in [2.45, 2.75) is 0 Å². The lowest BCUT2D eigenvalue weighted by atomic mass is 10.0. The minimum Gasteiger partial charge on any atom is -0.310 e. The van der Waals surface area contributed by atoms with Gasteiger partial charge < -0.3 is 9.80 Å². The largest absolute Gasteiger partial charge is 0.310 e. The second-order valence-corrected chi connectivity index (χ2v) is 10.2. The molecular formula is C36H27BrN2. The van der Waals surface area contributed by atoms with Gasteiger partial charge in [-0.15, -0.1) is 0 Å². The summed E-state index contributed by atoms with van der Waals surface area (Å²) >= 11 is 3.84. The molecule has 0 bridgehead atoms. The molecule has 6 aromatic carbocycles. The summed E-state index contributed by atoms with van der Waals surface area (Å²) in [6, 6.07) is 57.4. The Morgan fingerprint density at radius 2 is 0.692 bits per heavy atom. The van der Waals surface area contributed by atoms with E-state index < -0.39 is 0 Å². The van der Waals surface area contributed by atoms with Crippen LogP contribution in [0.2, 0.25) is 0 Å². The molecular weight excluding hydrogens is 540 g/mol. The van der Waals surface area contributed by atoms with E-state index in [1.807, 2.05) is 0 Å². The Balaban J connectivity index is 1.52. The fourth-order valence-corrected chi connectivity index (χ4v) is 5.37. The highest BCUT2D eigenvalue weighted by molar-refractivity contribution is 9.10. The maximum absolute atomic E-state index is 3.84. The van der Waals surface area contributed by atoms with Gasteiger partial charge in [0.1, 0.15) is 0 Å². The van der Waals surface area contributed by atoms with Crippen molar-refractivity contribution in [3.63, 3.8) is 0 Å². The Hall–Kier alpha value is -4.60. The van der Waals surface area contributed by atoms with Crippen molar-refractivity contribution in [3.05, 3.63) is 168 Å². The quantitative estimate of drug-likeness (QED) is 0.189. The molecule has 0 amide bonds. The predicted octanol–water partition coefficient (Wildman–Crippen LogP) is 11.1. The van der Waals surface area contributed by atoms with Crippen LogP contribution in [0.1, 0.15) is 0 Å². The van der Waals surface area contributed by atoms with E-state index >= 15 is 0 Å². The molecule has 39 heavy (non-hydrogen) atoms. The molecule has 3 heteroatoms. The zero-order chi connectivity index (χ0) is 26.4. The molecule has 0 radical (unpaired) electrons. The molecule has 6 rings (SSSR count). The Morgan fingerprint density at radius 3 is 1.18 bits per heavy atom. The lowest BCUT2D eigenvalue weighted by molar-refractivity contribution is 1.24. The minimum absolute atomic E-state index is 1.01. The van der Waals surface area contributed by atoms with Crippen LogP contribution < -0.4 is 9.80 Å². The van der Waals surface area contributed by atoms with Gasteiger partial charge in [-0.2, -0.15) is 0 Å². The van der Waals surface area contributed by atoms with E-state index in [0.717, 1.165) is 38.6 Å². The smallest absolute Gasteiger partial charge is 0.0493 e. The van der Waals surface area contributed by atoms with E-state index in [9.17, 15) is 0 Å². The maximum Gasteiger partial charge on any atom is 0.0493 e. The highest BCUT2D eigenvalue weighted by Gasteiger charge is 2.18. The van der Waals surface area contributed by atoms with Crippen molar-refractivity contribution in [2.24, 2.45) is 0 Å². The average molecular weight is 568 g/mol. The van der Waals surface area contributed by atoms with Crippen LogP contribution >= 0.6 is 15.9 Å². The van der Waals surface area contributed by atoms with E-state index in [1.165, 1.54) is 11.1 Å². The Morgan fingerprint density at radius 1 is 0.308 bits per heavy atom. The van der Waals surface area contributed by atoms with Crippen molar-refractivity contribution < 1.29 is 0 Å². The lowest BCUT2D eigenvalue weighted by Gasteiger charge is -2.30. The van der Waals surface area contributed by atoms with Crippen molar-refractivity contribution >= 4 is 50.1 Å². The monoisotopic (exact) mass is 566 g/mol. The lowest BCUT2D eigenvalue weighted by Crippen LogP contribution is -2.13. The molecule has 0 aliphatic rings. The fraction of sp³-hybridized carbons (Fsp3) is 0. The summed E-state index contributed by atoms with van der Waals surface area (Å²) in [5.74, 6) is 0. The van der Waals surface area contributed by atoms with E-state index in [2.05, 4.69) is 190 Å². The molecule has 0 fully saturated rings. The van der Waals surface area contributed by atoms with Crippen LogP contribution in [0.4, 0.5) is 34.1 Å². The van der Waals surface area contributed by atoms with Crippen LogP contribution in [-0.2, 0) is 0 Å². The Bertz CT molecular complexity index is 1610. The van der Waals surface area contributed by atoms with Crippen LogP contribution in [0.5, 0.6) is 0 Å². The first-order valence-corrected chi connectivity index (χ1v) is 13.8. The number of rotatable bonds is 7. The number of halogens is 1. The molecule has 0 aromatic heterocycles. The van der Waals surface area contributed by atoms with Crippen molar-refractivity contribution in [1.82, 2.24) is 0 Å². The van der Waals surface area contributed by atoms with Gasteiger partial charge in [0, 0.05) is 38.6 Å². The van der Waals surface area contributed by atoms with Crippen LogP contribution in [0.25, 0.3) is 11.1 Å². The first kappa shape index (κ1) is 24.7. The van der Waals surface area contributed by atoms with Gasteiger partial charge in [-0.3, -0.25) is 0 Å². The summed E-state index contributed by atoms with van der Waals surface area (Å²) in [6.07, 6.45) is 0. The van der Waals surface area contributed by atoms with Crippen molar-refractivity contribution in [1.29, 1.82) is 0 Å². The predicted molar refractivity (Wildman–Crippen MR) is 169 cm³/mol. The molecule has 0 saturated carbocycles. The van der Waals surface area contributed by atoms with Crippen molar-refractivity contribution in [3.8, 4) is 11.1 Å². The first-order valence-electron chi connectivity index (χ1n) is 13.0. The minimum atomic E-state index is 1.01. The summed E-state index contributed by atoms with van der Waals surface area (Å²) in [4.78, 5) is 4.60. The van der Waals surface area contributed by atoms with Gasteiger partial charge >= 0.3 is 0 Å². The number of hydrogen-bond acceptors (Lipinski definition) is 2. The van der Waals surface area contributed by atoms with Gasteiger partial charge in [0.2, 0.25) is 0 Å². The van der Waals surface area contributed by atoms with Gasteiger partial charge in [0.25, 0.3) is 0 Å². The second-order valence-electron chi connectivity index (χ2n) is 9.26. The molecule has 0 unspecified atom stereocenters. The Labute approximate surface area is 238 Å². The number of para-hydroxylation sites is 3. The zero-order valence-electron chi connectivity index (χ0n) is 21.4. The molecule has 188 valence electrons. The summed E-state index contributed by atoms with van der Waals surface area (Å²) in [6.45, 7) is 0. The van der Waals surface area contributed by atoms with Crippen LogP contribution in [-0.4, -0.2) is 0 Å². The van der Waals surface area contributed by atoms with Gasteiger partial charge in [0.05, 0.1) is 0 Å². The number of hydrogen-bond donors (Lipinski definition) is 0. The third-order valence-electron chi connectivity index (χ3n) is 6.64. The summed E-state index contributed by atoms with van der Waals surface area (Å²) in [5, 5.41) is 0. The van der Waals surface area contributed by atoms with Gasteiger partial charge in [-0.1, -0.05) is 113 Å². The second kappa shape index (κ2) is 11.4. The summed E-state index contributed by atoms with van der Waals surface area (Å²) < 4.78 is 1.01. The standard InChI is InChI=1S/C36H27BrN2/c37-30-25-35(38(31-17-7-2-8-18-31)32-19-9-3-10-20-32)27-36(26-30)39(33-21-11-4-12-22-33)34-23-13-16-29(24-34)28-14-5-1-6-15-28/h1-27H. The molecule has 0 saturated heterocycles. The molecule has 0 atom stereocenters. The highest BCUT2D eigenvalue weighted by atomic mass is 79.9. The van der Waals surface area contributed by atoms with E-state index in [1.54, 1.807) is 0 Å². The maximum atomic E-state index is 3.84.